The summed E-state index contributed by atoms with van der Waals surface area (Å²) in [6.07, 6.45) is -0.400. The van der Waals surface area contributed by atoms with E-state index in [0.29, 0.717) is 6.54 Å². The van der Waals surface area contributed by atoms with Gasteiger partial charge in [-0.3, -0.25) is 0 Å². The average molecular weight is 257 g/mol. The van der Waals surface area contributed by atoms with Gasteiger partial charge in [0.1, 0.15) is 5.75 Å². The number of rotatable bonds is 5. The highest BCUT2D eigenvalue weighted by Crippen LogP contribution is 2.23. The van der Waals surface area contributed by atoms with Crippen molar-refractivity contribution in [2.45, 2.75) is 19.1 Å². The van der Waals surface area contributed by atoms with Crippen molar-refractivity contribution in [2.75, 3.05) is 6.54 Å². The summed E-state index contributed by atoms with van der Waals surface area (Å²) >= 11 is 0. The van der Waals surface area contributed by atoms with Crippen LogP contribution >= 0.6 is 0 Å². The Kier molecular flexibility index (Phi) is 4.55. The van der Waals surface area contributed by atoms with Gasteiger partial charge in [-0.15, -0.1) is 0 Å². The Hall–Kier alpha value is -1.84. The van der Waals surface area contributed by atoms with Crippen LogP contribution in [0.15, 0.2) is 54.6 Å². The normalized spacial score (nSPS) is 14.0. The summed E-state index contributed by atoms with van der Waals surface area (Å²) in [4.78, 5) is 0. The summed E-state index contributed by atoms with van der Waals surface area (Å²) in [5, 5.41) is 22.1. The van der Waals surface area contributed by atoms with E-state index in [0.717, 1.165) is 11.1 Å². The quantitative estimate of drug-likeness (QED) is 0.771. The van der Waals surface area contributed by atoms with Crippen molar-refractivity contribution >= 4 is 0 Å². The minimum atomic E-state index is -0.400. The molecule has 0 heterocycles. The zero-order valence-corrected chi connectivity index (χ0v) is 11.0. The van der Waals surface area contributed by atoms with Crippen LogP contribution in [0.5, 0.6) is 5.75 Å². The zero-order chi connectivity index (χ0) is 13.7. The summed E-state index contributed by atoms with van der Waals surface area (Å²) in [6.45, 7) is 2.27. The Bertz CT molecular complexity index is 494. The highest BCUT2D eigenvalue weighted by molar-refractivity contribution is 5.34. The molecule has 2 unspecified atom stereocenters. The lowest BCUT2D eigenvalue weighted by Crippen LogP contribution is -2.29. The number of phenols is 1. The fourth-order valence-corrected chi connectivity index (χ4v) is 2.03. The highest BCUT2D eigenvalue weighted by atomic mass is 16.3. The fourth-order valence-electron chi connectivity index (χ4n) is 2.03. The van der Waals surface area contributed by atoms with Crippen LogP contribution in [0, 0.1) is 0 Å². The molecule has 0 radical (unpaired) electrons. The second kappa shape index (κ2) is 6.36. The molecule has 19 heavy (non-hydrogen) atoms. The third-order valence-corrected chi connectivity index (χ3v) is 2.98. The van der Waals surface area contributed by atoms with E-state index >= 15 is 0 Å². The molecule has 100 valence electrons. The molecule has 0 aliphatic heterocycles. The zero-order valence-electron chi connectivity index (χ0n) is 11.0. The van der Waals surface area contributed by atoms with Gasteiger partial charge >= 0.3 is 0 Å². The third-order valence-electron chi connectivity index (χ3n) is 2.98. The maximum Gasteiger partial charge on any atom is 0.115 e. The van der Waals surface area contributed by atoms with E-state index < -0.39 is 6.10 Å². The van der Waals surface area contributed by atoms with Crippen molar-refractivity contribution in [3.63, 3.8) is 0 Å². The van der Waals surface area contributed by atoms with Crippen molar-refractivity contribution in [1.82, 2.24) is 5.32 Å². The lowest BCUT2D eigenvalue weighted by molar-refractivity contribution is 0.188. The first-order chi connectivity index (χ1) is 9.16. The van der Waals surface area contributed by atoms with Gasteiger partial charge in [0.25, 0.3) is 0 Å². The minimum Gasteiger partial charge on any atom is -0.508 e. The third kappa shape index (κ3) is 3.81. The predicted molar refractivity (Wildman–Crippen MR) is 76.1 cm³/mol. The molecule has 0 aliphatic carbocycles. The van der Waals surface area contributed by atoms with Crippen LogP contribution in [0.25, 0.3) is 0 Å². The molecule has 3 heteroatoms. The SMILES string of the molecule is CC(O)CNC(c1ccccc1)c1ccc(O)cc1. The number of hydrogen-bond donors (Lipinski definition) is 3. The first kappa shape index (κ1) is 13.6. The van der Waals surface area contributed by atoms with Gasteiger partial charge in [-0.2, -0.15) is 0 Å². The Labute approximate surface area is 113 Å². The molecule has 0 spiro atoms. The first-order valence-corrected chi connectivity index (χ1v) is 6.42. The number of nitrogens with one attached hydrogen (secondary N) is 1. The van der Waals surface area contributed by atoms with Crippen LogP contribution in [0.1, 0.15) is 24.1 Å². The molecular formula is C16H19NO2. The van der Waals surface area contributed by atoms with Crippen LogP contribution in [0.3, 0.4) is 0 Å². The Balaban J connectivity index is 2.26. The van der Waals surface area contributed by atoms with Gasteiger partial charge in [-0.1, -0.05) is 42.5 Å². The molecule has 0 bridgehead atoms. The van der Waals surface area contributed by atoms with Crippen molar-refractivity contribution in [2.24, 2.45) is 0 Å². The van der Waals surface area contributed by atoms with Crippen molar-refractivity contribution in [3.8, 4) is 5.75 Å². The van der Waals surface area contributed by atoms with Gasteiger partial charge in [0, 0.05) is 6.54 Å². The lowest BCUT2D eigenvalue weighted by Gasteiger charge is -2.21. The summed E-state index contributed by atoms with van der Waals surface area (Å²) < 4.78 is 0. The largest absolute Gasteiger partial charge is 0.508 e. The molecule has 3 nitrogen and oxygen atoms in total. The second-order valence-corrected chi connectivity index (χ2v) is 4.69. The molecule has 0 saturated heterocycles. The number of phenolic OH excluding ortho intramolecular Hbond substituents is 1. The molecule has 2 atom stereocenters. The van der Waals surface area contributed by atoms with Gasteiger partial charge in [0.2, 0.25) is 0 Å². The highest BCUT2D eigenvalue weighted by Gasteiger charge is 2.13. The Morgan fingerprint density at radius 3 is 2.11 bits per heavy atom. The summed E-state index contributed by atoms with van der Waals surface area (Å²) in [6, 6.07) is 17.2. The summed E-state index contributed by atoms with van der Waals surface area (Å²) in [5.41, 5.74) is 2.19. The molecule has 2 aromatic rings. The maximum absolute atomic E-state index is 9.44. The number of aliphatic hydroxyl groups excluding tert-OH is 1. The smallest absolute Gasteiger partial charge is 0.115 e. The monoisotopic (exact) mass is 257 g/mol. The van der Waals surface area contributed by atoms with Gasteiger partial charge in [0.15, 0.2) is 0 Å². The van der Waals surface area contributed by atoms with Crippen LogP contribution in [0.4, 0.5) is 0 Å². The molecule has 0 saturated carbocycles. The lowest BCUT2D eigenvalue weighted by atomic mass is 9.98. The van der Waals surface area contributed by atoms with E-state index in [4.69, 9.17) is 0 Å². The number of aromatic hydroxyl groups is 1. The average Bonchev–Trinajstić information content (AvgIpc) is 2.42. The van der Waals surface area contributed by atoms with Crippen LogP contribution < -0.4 is 5.32 Å². The predicted octanol–water partition coefficient (Wildman–Crippen LogP) is 2.45. The van der Waals surface area contributed by atoms with E-state index in [1.165, 1.54) is 0 Å². The van der Waals surface area contributed by atoms with Crippen molar-refractivity contribution in [3.05, 3.63) is 65.7 Å². The van der Waals surface area contributed by atoms with Crippen LogP contribution in [-0.4, -0.2) is 22.9 Å². The van der Waals surface area contributed by atoms with Gasteiger partial charge in [-0.05, 0) is 30.2 Å². The summed E-state index contributed by atoms with van der Waals surface area (Å²) in [7, 11) is 0. The van der Waals surface area contributed by atoms with E-state index in [-0.39, 0.29) is 11.8 Å². The molecule has 0 amide bonds. The number of aliphatic hydroxyl groups is 1. The number of hydrogen-bond acceptors (Lipinski definition) is 3. The maximum atomic E-state index is 9.44. The molecular weight excluding hydrogens is 238 g/mol. The van der Waals surface area contributed by atoms with E-state index in [2.05, 4.69) is 5.32 Å². The van der Waals surface area contributed by atoms with Crippen LogP contribution in [0.2, 0.25) is 0 Å². The fraction of sp³-hybridized carbons (Fsp3) is 0.250. The molecule has 3 N–H and O–H groups in total. The Morgan fingerprint density at radius 1 is 0.947 bits per heavy atom. The molecule has 2 aromatic carbocycles. The van der Waals surface area contributed by atoms with Gasteiger partial charge in [-0.25, -0.2) is 0 Å². The van der Waals surface area contributed by atoms with E-state index in [1.807, 2.05) is 42.5 Å². The summed E-state index contributed by atoms with van der Waals surface area (Å²) in [5.74, 6) is 0.256. The van der Waals surface area contributed by atoms with Gasteiger partial charge < -0.3 is 15.5 Å². The van der Waals surface area contributed by atoms with Crippen molar-refractivity contribution in [1.29, 1.82) is 0 Å². The topological polar surface area (TPSA) is 52.5 Å². The van der Waals surface area contributed by atoms with E-state index in [1.54, 1.807) is 19.1 Å². The van der Waals surface area contributed by atoms with E-state index in [9.17, 15) is 10.2 Å². The first-order valence-electron chi connectivity index (χ1n) is 6.42. The Morgan fingerprint density at radius 2 is 1.53 bits per heavy atom. The molecule has 0 aromatic heterocycles. The molecule has 2 rings (SSSR count). The van der Waals surface area contributed by atoms with Gasteiger partial charge in [0.05, 0.1) is 12.1 Å². The second-order valence-electron chi connectivity index (χ2n) is 4.69. The number of benzene rings is 2. The molecule has 0 aliphatic rings. The van der Waals surface area contributed by atoms with Crippen molar-refractivity contribution < 1.29 is 10.2 Å². The minimum absolute atomic E-state index is 0.0106. The standard InChI is InChI=1S/C16H19NO2/c1-12(18)11-17-16(13-5-3-2-4-6-13)14-7-9-15(19)10-8-14/h2-10,12,16-19H,11H2,1H3. The van der Waals surface area contributed by atoms with Crippen LogP contribution in [-0.2, 0) is 0 Å². The molecule has 0 fully saturated rings.